The number of hydrogen-bond donors (Lipinski definition) is 0. The first-order chi connectivity index (χ1) is 13.7. The maximum absolute atomic E-state index is 5.06. The van der Waals surface area contributed by atoms with Crippen LogP contribution in [-0.2, 0) is 0 Å². The van der Waals surface area contributed by atoms with E-state index in [1.165, 1.54) is 16.7 Å². The van der Waals surface area contributed by atoms with Crippen LogP contribution in [0.25, 0.3) is 5.70 Å². The average molecular weight is 364 g/mol. The quantitative estimate of drug-likeness (QED) is 0.510. The van der Waals surface area contributed by atoms with E-state index >= 15 is 0 Å². The molecular formula is C26H24N2. The van der Waals surface area contributed by atoms with Crippen LogP contribution in [0.2, 0.25) is 0 Å². The summed E-state index contributed by atoms with van der Waals surface area (Å²) in [6.45, 7) is 4.31. The minimum atomic E-state index is 0.773. The van der Waals surface area contributed by atoms with Crippen molar-refractivity contribution in [3.63, 3.8) is 0 Å². The van der Waals surface area contributed by atoms with Gasteiger partial charge in [-0.2, -0.15) is 0 Å². The van der Waals surface area contributed by atoms with Crippen molar-refractivity contribution in [2.24, 2.45) is 9.98 Å². The zero-order chi connectivity index (χ0) is 19.3. The normalized spacial score (nSPS) is 17.4. The fourth-order valence-electron chi connectivity index (χ4n) is 3.49. The molecule has 0 atom stereocenters. The van der Waals surface area contributed by atoms with Crippen molar-refractivity contribution in [3.8, 4) is 0 Å². The van der Waals surface area contributed by atoms with Gasteiger partial charge in [-0.05, 0) is 37.8 Å². The molecule has 0 aromatic heterocycles. The van der Waals surface area contributed by atoms with E-state index < -0.39 is 0 Å². The number of rotatable bonds is 3. The topological polar surface area (TPSA) is 24.7 Å². The van der Waals surface area contributed by atoms with Gasteiger partial charge >= 0.3 is 0 Å². The monoisotopic (exact) mass is 364 g/mol. The summed E-state index contributed by atoms with van der Waals surface area (Å²) in [5.41, 5.74) is 8.03. The Balaban J connectivity index is 1.88. The molecule has 0 aliphatic carbocycles. The minimum absolute atomic E-state index is 0.773. The van der Waals surface area contributed by atoms with E-state index in [-0.39, 0.29) is 0 Å². The molecule has 0 N–H and O–H groups in total. The standard InChI is InChI=1S/C26H24N2/c1-19-10-9-15-23(18-19)24-17-16-20(2)25(21-11-5-3-6-12-21)28-26(27-24)22-13-7-4-8-14-22/h3-15,18H,16-17H2,1-2H3/b25-20+,27-24?,28-26?. The highest BCUT2D eigenvalue weighted by atomic mass is 14.9. The summed E-state index contributed by atoms with van der Waals surface area (Å²) in [5, 5.41) is 0. The lowest BCUT2D eigenvalue weighted by atomic mass is 9.97. The Kier molecular flexibility index (Phi) is 5.29. The highest BCUT2D eigenvalue weighted by Crippen LogP contribution is 2.27. The van der Waals surface area contributed by atoms with Crippen LogP contribution >= 0.6 is 0 Å². The Morgan fingerprint density at radius 1 is 0.607 bits per heavy atom. The van der Waals surface area contributed by atoms with Crippen molar-refractivity contribution >= 4 is 17.2 Å². The Hall–Kier alpha value is -3.26. The van der Waals surface area contributed by atoms with Crippen LogP contribution < -0.4 is 0 Å². The Labute approximate surface area is 167 Å². The van der Waals surface area contributed by atoms with Crippen molar-refractivity contribution in [1.29, 1.82) is 0 Å². The van der Waals surface area contributed by atoms with Gasteiger partial charge in [-0.3, -0.25) is 0 Å². The maximum atomic E-state index is 5.06. The number of benzene rings is 3. The lowest BCUT2D eigenvalue weighted by Gasteiger charge is -2.16. The summed E-state index contributed by atoms with van der Waals surface area (Å²) < 4.78 is 0. The van der Waals surface area contributed by atoms with Gasteiger partial charge in [0, 0.05) is 11.1 Å². The van der Waals surface area contributed by atoms with E-state index in [0.717, 1.165) is 41.2 Å². The van der Waals surface area contributed by atoms with Gasteiger partial charge in [-0.1, -0.05) is 90.5 Å². The molecule has 0 unspecified atom stereocenters. The number of nitrogens with zero attached hydrogens (tertiary/aromatic N) is 2. The number of aliphatic imine (C=N–C) groups is 2. The molecular weight excluding hydrogens is 340 g/mol. The van der Waals surface area contributed by atoms with Crippen LogP contribution in [0.1, 0.15) is 42.0 Å². The molecule has 2 nitrogen and oxygen atoms in total. The lowest BCUT2D eigenvalue weighted by Crippen LogP contribution is -2.10. The zero-order valence-corrected chi connectivity index (χ0v) is 16.4. The fraction of sp³-hybridized carbons (Fsp3) is 0.154. The molecule has 3 aromatic rings. The van der Waals surface area contributed by atoms with Gasteiger partial charge in [-0.25, -0.2) is 9.98 Å². The third-order valence-corrected chi connectivity index (χ3v) is 5.03. The molecule has 3 aromatic carbocycles. The number of aryl methyl sites for hydroxylation is 1. The van der Waals surface area contributed by atoms with Gasteiger partial charge < -0.3 is 0 Å². The molecule has 0 radical (unpaired) electrons. The molecule has 0 fully saturated rings. The predicted molar refractivity (Wildman–Crippen MR) is 119 cm³/mol. The first kappa shape index (κ1) is 18.1. The van der Waals surface area contributed by atoms with E-state index in [1.807, 2.05) is 24.3 Å². The summed E-state index contributed by atoms with van der Waals surface area (Å²) in [4.78, 5) is 10.1. The van der Waals surface area contributed by atoms with Gasteiger partial charge in [0.25, 0.3) is 0 Å². The maximum Gasteiger partial charge on any atom is 0.160 e. The SMILES string of the molecule is C/C1=C(/c2ccccc2)N=C(c2ccccc2)N=C(c2cccc(C)c2)CC1. The molecule has 138 valence electrons. The largest absolute Gasteiger partial charge is 0.232 e. The Morgan fingerprint density at radius 2 is 1.25 bits per heavy atom. The molecule has 0 bridgehead atoms. The average Bonchev–Trinajstić information content (AvgIpc) is 2.73. The second kappa shape index (κ2) is 8.18. The molecule has 1 aliphatic heterocycles. The van der Waals surface area contributed by atoms with Crippen molar-refractivity contribution < 1.29 is 0 Å². The van der Waals surface area contributed by atoms with Gasteiger partial charge in [0.15, 0.2) is 5.84 Å². The summed E-state index contributed by atoms with van der Waals surface area (Å²) in [5.74, 6) is 0.773. The van der Waals surface area contributed by atoms with Crippen LogP contribution in [0.15, 0.2) is 100 Å². The van der Waals surface area contributed by atoms with Crippen molar-refractivity contribution in [2.75, 3.05) is 0 Å². The van der Waals surface area contributed by atoms with Gasteiger partial charge in [0.1, 0.15) is 0 Å². The molecule has 28 heavy (non-hydrogen) atoms. The summed E-state index contributed by atoms with van der Waals surface area (Å²) in [6, 6.07) is 29.3. The van der Waals surface area contributed by atoms with E-state index in [4.69, 9.17) is 9.98 Å². The lowest BCUT2D eigenvalue weighted by molar-refractivity contribution is 1.00. The molecule has 4 rings (SSSR count). The fourth-order valence-corrected chi connectivity index (χ4v) is 3.49. The molecule has 2 heteroatoms. The van der Waals surface area contributed by atoms with Gasteiger partial charge in [0.05, 0.1) is 11.4 Å². The highest BCUT2D eigenvalue weighted by molar-refractivity contribution is 6.14. The molecule has 0 saturated carbocycles. The van der Waals surface area contributed by atoms with Crippen LogP contribution in [0.5, 0.6) is 0 Å². The third kappa shape index (κ3) is 4.01. The molecule has 0 saturated heterocycles. The van der Waals surface area contributed by atoms with E-state index in [1.54, 1.807) is 0 Å². The summed E-state index contributed by atoms with van der Waals surface area (Å²) >= 11 is 0. The minimum Gasteiger partial charge on any atom is -0.232 e. The highest BCUT2D eigenvalue weighted by Gasteiger charge is 2.15. The van der Waals surface area contributed by atoms with Crippen LogP contribution in [0, 0.1) is 6.92 Å². The number of hydrogen-bond acceptors (Lipinski definition) is 2. The third-order valence-electron chi connectivity index (χ3n) is 5.03. The number of amidine groups is 1. The van der Waals surface area contributed by atoms with Crippen molar-refractivity contribution in [2.45, 2.75) is 26.7 Å². The first-order valence-electron chi connectivity index (χ1n) is 9.74. The van der Waals surface area contributed by atoms with E-state index in [9.17, 15) is 0 Å². The zero-order valence-electron chi connectivity index (χ0n) is 16.4. The van der Waals surface area contributed by atoms with Gasteiger partial charge in [-0.15, -0.1) is 0 Å². The van der Waals surface area contributed by atoms with Crippen molar-refractivity contribution in [1.82, 2.24) is 0 Å². The van der Waals surface area contributed by atoms with Crippen molar-refractivity contribution in [3.05, 3.63) is 113 Å². The number of allylic oxidation sites excluding steroid dienone is 1. The van der Waals surface area contributed by atoms with Crippen LogP contribution in [0.3, 0.4) is 0 Å². The second-order valence-electron chi connectivity index (χ2n) is 7.22. The summed E-state index contributed by atoms with van der Waals surface area (Å²) in [7, 11) is 0. The molecule has 1 heterocycles. The summed E-state index contributed by atoms with van der Waals surface area (Å²) in [6.07, 6.45) is 1.85. The molecule has 1 aliphatic rings. The van der Waals surface area contributed by atoms with Crippen LogP contribution in [0.4, 0.5) is 0 Å². The van der Waals surface area contributed by atoms with Crippen LogP contribution in [-0.4, -0.2) is 11.5 Å². The molecule has 0 amide bonds. The second-order valence-corrected chi connectivity index (χ2v) is 7.22. The smallest absolute Gasteiger partial charge is 0.160 e. The Morgan fingerprint density at radius 3 is 1.93 bits per heavy atom. The van der Waals surface area contributed by atoms with E-state index in [0.29, 0.717) is 0 Å². The van der Waals surface area contributed by atoms with Gasteiger partial charge in [0.2, 0.25) is 0 Å². The molecule has 0 spiro atoms. The predicted octanol–water partition coefficient (Wildman–Crippen LogP) is 6.46. The van der Waals surface area contributed by atoms with E-state index in [2.05, 4.69) is 74.5 Å². The Bertz CT molecular complexity index is 1060. The first-order valence-corrected chi connectivity index (χ1v) is 9.74.